The van der Waals surface area contributed by atoms with Crippen LogP contribution in [0.15, 0.2) is 48.5 Å². The largest absolute Gasteiger partial charge is 0.480 e. The molecule has 0 spiro atoms. The number of amides is 2. The van der Waals surface area contributed by atoms with Gasteiger partial charge in [0.05, 0.1) is 5.92 Å². The third kappa shape index (κ3) is 5.92. The lowest BCUT2D eigenvalue weighted by Gasteiger charge is -2.26. The lowest BCUT2D eigenvalue weighted by molar-refractivity contribution is -0.146. The van der Waals surface area contributed by atoms with Crippen molar-refractivity contribution in [1.82, 2.24) is 10.2 Å². The fraction of sp³-hybridized carbons (Fsp3) is 0.423. The van der Waals surface area contributed by atoms with Crippen LogP contribution in [0, 0.1) is 5.92 Å². The van der Waals surface area contributed by atoms with Crippen LogP contribution in [0.3, 0.4) is 0 Å². The second-order valence-electron chi connectivity index (χ2n) is 8.35. The molecule has 0 radical (unpaired) electrons. The zero-order valence-corrected chi connectivity index (χ0v) is 19.3. The minimum absolute atomic E-state index is 0.0353. The maximum Gasteiger partial charge on any atom is 0.407 e. The van der Waals surface area contributed by atoms with Crippen LogP contribution in [0.2, 0.25) is 0 Å². The van der Waals surface area contributed by atoms with Gasteiger partial charge in [-0.25, -0.2) is 4.79 Å². The Morgan fingerprint density at radius 2 is 1.61 bits per heavy atom. The van der Waals surface area contributed by atoms with Crippen LogP contribution in [0.25, 0.3) is 11.1 Å². The third-order valence-corrected chi connectivity index (χ3v) is 5.95. The minimum Gasteiger partial charge on any atom is -0.480 e. The van der Waals surface area contributed by atoms with Gasteiger partial charge in [-0.3, -0.25) is 9.59 Å². The number of rotatable bonds is 11. The molecule has 33 heavy (non-hydrogen) atoms. The van der Waals surface area contributed by atoms with Gasteiger partial charge in [0.2, 0.25) is 5.91 Å². The van der Waals surface area contributed by atoms with Crippen LogP contribution in [0.1, 0.15) is 50.2 Å². The fourth-order valence-corrected chi connectivity index (χ4v) is 4.48. The van der Waals surface area contributed by atoms with Crippen molar-refractivity contribution in [3.05, 3.63) is 59.7 Å². The van der Waals surface area contributed by atoms with Gasteiger partial charge in [0.25, 0.3) is 0 Å². The number of hydrogen-bond donors (Lipinski definition) is 2. The summed E-state index contributed by atoms with van der Waals surface area (Å²) < 4.78 is 5.55. The molecule has 1 aliphatic rings. The van der Waals surface area contributed by atoms with Crippen LogP contribution in [-0.2, 0) is 14.3 Å². The minimum atomic E-state index is -1.04. The molecule has 1 unspecified atom stereocenters. The molecule has 3 rings (SSSR count). The Morgan fingerprint density at radius 3 is 2.15 bits per heavy atom. The number of fused-ring (bicyclic) bond motifs is 3. The summed E-state index contributed by atoms with van der Waals surface area (Å²) in [6, 6.07) is 16.2. The van der Waals surface area contributed by atoms with Crippen LogP contribution in [-0.4, -0.2) is 54.2 Å². The first-order valence-electron chi connectivity index (χ1n) is 11.6. The molecule has 7 heteroatoms. The Kier molecular flexibility index (Phi) is 8.46. The molecule has 2 amide bonds. The van der Waals surface area contributed by atoms with E-state index in [9.17, 15) is 14.4 Å². The summed E-state index contributed by atoms with van der Waals surface area (Å²) in [7, 11) is 0. The van der Waals surface area contributed by atoms with Gasteiger partial charge in [0.15, 0.2) is 0 Å². The molecule has 2 aromatic rings. The van der Waals surface area contributed by atoms with E-state index in [0.717, 1.165) is 28.7 Å². The van der Waals surface area contributed by atoms with Crippen molar-refractivity contribution in [1.29, 1.82) is 0 Å². The van der Waals surface area contributed by atoms with E-state index in [-0.39, 0.29) is 31.5 Å². The van der Waals surface area contributed by atoms with E-state index in [0.29, 0.717) is 19.4 Å². The van der Waals surface area contributed by atoms with Crippen LogP contribution < -0.4 is 5.32 Å². The van der Waals surface area contributed by atoms with Crippen LogP contribution in [0.4, 0.5) is 4.79 Å². The molecule has 2 aromatic carbocycles. The number of nitrogens with zero attached hydrogens (tertiary/aromatic N) is 1. The van der Waals surface area contributed by atoms with Crippen LogP contribution in [0.5, 0.6) is 0 Å². The number of aliphatic carboxylic acids is 1. The highest BCUT2D eigenvalue weighted by atomic mass is 16.5. The van der Waals surface area contributed by atoms with Gasteiger partial charge in [0, 0.05) is 19.0 Å². The highest BCUT2D eigenvalue weighted by Crippen LogP contribution is 2.44. The maximum atomic E-state index is 12.9. The molecule has 0 fully saturated rings. The highest BCUT2D eigenvalue weighted by Gasteiger charge is 2.29. The van der Waals surface area contributed by atoms with E-state index < -0.39 is 18.0 Å². The topological polar surface area (TPSA) is 95.9 Å². The summed E-state index contributed by atoms with van der Waals surface area (Å²) in [5, 5.41) is 11.8. The number of carbonyl (C=O) groups excluding carboxylic acids is 2. The molecular weight excluding hydrogens is 420 g/mol. The number of carboxylic acid groups (broad SMARTS) is 1. The van der Waals surface area contributed by atoms with Crippen molar-refractivity contribution in [3.8, 4) is 11.1 Å². The molecule has 176 valence electrons. The van der Waals surface area contributed by atoms with Gasteiger partial charge in [0.1, 0.15) is 13.2 Å². The summed E-state index contributed by atoms with van der Waals surface area (Å²) in [6.45, 7) is 4.20. The lowest BCUT2D eigenvalue weighted by Crippen LogP contribution is -2.44. The number of hydrogen-bond acceptors (Lipinski definition) is 4. The molecule has 0 saturated carbocycles. The lowest BCUT2D eigenvalue weighted by atomic mass is 9.98. The SMILES string of the molecule is CCCC(CNC(=O)OCC1c2ccccc2-c2ccccc21)C(=O)N(CCC)CC(=O)O. The zero-order chi connectivity index (χ0) is 23.8. The summed E-state index contributed by atoms with van der Waals surface area (Å²) in [4.78, 5) is 37.8. The molecule has 0 aliphatic heterocycles. The van der Waals surface area contributed by atoms with E-state index in [2.05, 4.69) is 29.6 Å². The predicted octanol–water partition coefficient (Wildman–Crippen LogP) is 4.26. The average molecular weight is 453 g/mol. The summed E-state index contributed by atoms with van der Waals surface area (Å²) >= 11 is 0. The zero-order valence-electron chi connectivity index (χ0n) is 19.3. The van der Waals surface area contributed by atoms with E-state index in [4.69, 9.17) is 9.84 Å². The average Bonchev–Trinajstić information content (AvgIpc) is 3.13. The number of alkyl carbamates (subject to hydrolysis) is 1. The molecular formula is C26H32N2O5. The van der Waals surface area contributed by atoms with E-state index in [1.165, 1.54) is 4.90 Å². The van der Waals surface area contributed by atoms with Gasteiger partial charge >= 0.3 is 12.1 Å². The van der Waals surface area contributed by atoms with Gasteiger partial charge < -0.3 is 20.1 Å². The maximum absolute atomic E-state index is 12.9. The number of carbonyl (C=O) groups is 3. The van der Waals surface area contributed by atoms with E-state index >= 15 is 0 Å². The van der Waals surface area contributed by atoms with Crippen LogP contribution >= 0.6 is 0 Å². The Morgan fingerprint density at radius 1 is 1.00 bits per heavy atom. The van der Waals surface area contributed by atoms with Gasteiger partial charge in [-0.2, -0.15) is 0 Å². The summed E-state index contributed by atoms with van der Waals surface area (Å²) in [5.41, 5.74) is 4.58. The van der Waals surface area contributed by atoms with Crippen molar-refractivity contribution in [2.24, 2.45) is 5.92 Å². The molecule has 0 bridgehead atoms. The van der Waals surface area contributed by atoms with Gasteiger partial charge in [-0.05, 0) is 35.1 Å². The Bertz CT molecular complexity index is 945. The van der Waals surface area contributed by atoms with Crippen molar-refractivity contribution in [2.45, 2.75) is 39.0 Å². The first-order valence-corrected chi connectivity index (χ1v) is 11.6. The van der Waals surface area contributed by atoms with Crippen molar-refractivity contribution < 1.29 is 24.2 Å². The molecule has 1 aliphatic carbocycles. The highest BCUT2D eigenvalue weighted by molar-refractivity contribution is 5.84. The van der Waals surface area contributed by atoms with E-state index in [1.54, 1.807) is 0 Å². The molecule has 0 saturated heterocycles. The standard InChI is InChI=1S/C26H32N2O5/c1-3-9-18(25(31)28(14-4-2)16-24(29)30)15-27-26(32)33-17-23-21-12-7-5-10-19(21)20-11-6-8-13-22(20)23/h5-8,10-13,18,23H,3-4,9,14-17H2,1-2H3,(H,27,32)(H,29,30). The number of carboxylic acids is 1. The molecule has 7 nitrogen and oxygen atoms in total. The smallest absolute Gasteiger partial charge is 0.407 e. The van der Waals surface area contributed by atoms with Crippen molar-refractivity contribution in [2.75, 3.05) is 26.2 Å². The van der Waals surface area contributed by atoms with Crippen molar-refractivity contribution in [3.63, 3.8) is 0 Å². The fourth-order valence-electron chi connectivity index (χ4n) is 4.48. The third-order valence-electron chi connectivity index (χ3n) is 5.95. The summed E-state index contributed by atoms with van der Waals surface area (Å²) in [5.74, 6) is -1.81. The first-order chi connectivity index (χ1) is 16.0. The normalized spacial score (nSPS) is 13.0. The second-order valence-corrected chi connectivity index (χ2v) is 8.35. The second kappa shape index (κ2) is 11.5. The van der Waals surface area contributed by atoms with E-state index in [1.807, 2.05) is 38.1 Å². The van der Waals surface area contributed by atoms with Crippen molar-refractivity contribution >= 4 is 18.0 Å². The number of benzene rings is 2. The van der Waals surface area contributed by atoms with Gasteiger partial charge in [-0.15, -0.1) is 0 Å². The number of ether oxygens (including phenoxy) is 1. The number of nitrogens with one attached hydrogen (secondary N) is 1. The summed E-state index contributed by atoms with van der Waals surface area (Å²) in [6.07, 6.45) is 1.39. The predicted molar refractivity (Wildman–Crippen MR) is 126 cm³/mol. The Hall–Kier alpha value is -3.35. The Labute approximate surface area is 194 Å². The first kappa shape index (κ1) is 24.3. The Balaban J connectivity index is 1.60. The molecule has 2 N–H and O–H groups in total. The van der Waals surface area contributed by atoms with Gasteiger partial charge in [-0.1, -0.05) is 68.8 Å². The molecule has 1 atom stereocenters. The monoisotopic (exact) mass is 452 g/mol. The quantitative estimate of drug-likeness (QED) is 0.531. The molecule has 0 heterocycles. The molecule has 0 aromatic heterocycles.